The van der Waals surface area contributed by atoms with Crippen LogP contribution >= 0.6 is 0 Å². The van der Waals surface area contributed by atoms with Crippen molar-refractivity contribution in [3.63, 3.8) is 0 Å². The Morgan fingerprint density at radius 3 is 2.56 bits per heavy atom. The maximum Gasteiger partial charge on any atom is 0.0707 e. The highest BCUT2D eigenvalue weighted by Gasteiger charge is 2.39. The second-order valence-corrected chi connectivity index (χ2v) is 7.06. The first-order valence-electron chi connectivity index (χ1n) is 7.77. The van der Waals surface area contributed by atoms with E-state index in [0.29, 0.717) is 17.6 Å². The average molecular weight is 252 g/mol. The lowest BCUT2D eigenvalue weighted by atomic mass is 9.69. The molecular formula is C15H28N2O. The van der Waals surface area contributed by atoms with Crippen LogP contribution in [0.2, 0.25) is 0 Å². The molecule has 3 aliphatic rings. The third kappa shape index (κ3) is 2.59. The number of hydrogen-bond donors (Lipinski definition) is 1. The van der Waals surface area contributed by atoms with Crippen LogP contribution in [0.5, 0.6) is 0 Å². The van der Waals surface area contributed by atoms with E-state index in [9.17, 15) is 0 Å². The van der Waals surface area contributed by atoms with Crippen molar-refractivity contribution in [3.05, 3.63) is 0 Å². The van der Waals surface area contributed by atoms with E-state index in [1.807, 2.05) is 0 Å². The smallest absolute Gasteiger partial charge is 0.0707 e. The Labute approximate surface area is 111 Å². The second kappa shape index (κ2) is 5.10. The summed E-state index contributed by atoms with van der Waals surface area (Å²) in [6.45, 7) is 6.76. The summed E-state index contributed by atoms with van der Waals surface area (Å²) in [7, 11) is 0. The summed E-state index contributed by atoms with van der Waals surface area (Å²) in [4.78, 5) is 2.65. The number of nitrogens with two attached hydrogens (primary N) is 1. The van der Waals surface area contributed by atoms with E-state index in [4.69, 9.17) is 10.5 Å². The van der Waals surface area contributed by atoms with Gasteiger partial charge in [-0.25, -0.2) is 0 Å². The van der Waals surface area contributed by atoms with Crippen molar-refractivity contribution in [2.24, 2.45) is 17.1 Å². The molecule has 18 heavy (non-hydrogen) atoms. The van der Waals surface area contributed by atoms with Crippen molar-refractivity contribution in [1.82, 2.24) is 4.90 Å². The van der Waals surface area contributed by atoms with E-state index >= 15 is 0 Å². The fraction of sp³-hybridized carbons (Fsp3) is 1.00. The van der Waals surface area contributed by atoms with Gasteiger partial charge in [-0.2, -0.15) is 0 Å². The van der Waals surface area contributed by atoms with Crippen molar-refractivity contribution in [1.29, 1.82) is 0 Å². The minimum atomic E-state index is 0.397. The van der Waals surface area contributed by atoms with Gasteiger partial charge in [0.25, 0.3) is 0 Å². The summed E-state index contributed by atoms with van der Waals surface area (Å²) in [5, 5.41) is 0. The number of likely N-dealkylation sites (tertiary alicyclic amines) is 1. The molecular weight excluding hydrogens is 224 g/mol. The Kier molecular flexibility index (Phi) is 3.65. The lowest BCUT2D eigenvalue weighted by Crippen LogP contribution is -2.51. The summed E-state index contributed by atoms with van der Waals surface area (Å²) >= 11 is 0. The molecule has 0 aromatic rings. The molecule has 3 fully saturated rings. The highest BCUT2D eigenvalue weighted by molar-refractivity contribution is 4.92. The van der Waals surface area contributed by atoms with Gasteiger partial charge in [0.1, 0.15) is 0 Å². The van der Waals surface area contributed by atoms with Gasteiger partial charge in [0.2, 0.25) is 0 Å². The van der Waals surface area contributed by atoms with E-state index in [2.05, 4.69) is 11.8 Å². The Morgan fingerprint density at radius 2 is 1.94 bits per heavy atom. The average Bonchev–Trinajstić information content (AvgIpc) is 2.69. The van der Waals surface area contributed by atoms with Crippen LogP contribution < -0.4 is 5.73 Å². The van der Waals surface area contributed by atoms with Crippen molar-refractivity contribution in [2.45, 2.75) is 57.7 Å². The van der Waals surface area contributed by atoms with Gasteiger partial charge >= 0.3 is 0 Å². The van der Waals surface area contributed by atoms with Gasteiger partial charge in [0, 0.05) is 19.6 Å². The molecule has 2 bridgehead atoms. The predicted octanol–water partition coefficient (Wildman–Crippen LogP) is 2.00. The zero-order valence-electron chi connectivity index (χ0n) is 11.7. The third-order valence-electron chi connectivity index (χ3n) is 5.30. The number of rotatable bonds is 3. The molecule has 0 radical (unpaired) electrons. The van der Waals surface area contributed by atoms with Crippen LogP contribution in [0.1, 0.15) is 45.4 Å². The molecule has 4 unspecified atom stereocenters. The summed E-state index contributed by atoms with van der Waals surface area (Å²) < 4.78 is 5.93. The normalized spacial score (nSPS) is 45.3. The summed E-state index contributed by atoms with van der Waals surface area (Å²) in [5.74, 6) is 0.861. The van der Waals surface area contributed by atoms with E-state index in [-0.39, 0.29) is 0 Å². The van der Waals surface area contributed by atoms with Crippen molar-refractivity contribution < 1.29 is 4.74 Å². The van der Waals surface area contributed by atoms with Gasteiger partial charge in [-0.3, -0.25) is 4.90 Å². The first-order chi connectivity index (χ1) is 8.69. The highest BCUT2D eigenvalue weighted by atomic mass is 16.5. The summed E-state index contributed by atoms with van der Waals surface area (Å²) in [5.41, 5.74) is 6.54. The highest BCUT2D eigenvalue weighted by Crippen LogP contribution is 2.40. The number of morpholine rings is 1. The Bertz CT molecular complexity index is 284. The maximum absolute atomic E-state index is 6.14. The molecule has 3 nitrogen and oxygen atoms in total. The minimum Gasteiger partial charge on any atom is -0.372 e. The van der Waals surface area contributed by atoms with Crippen molar-refractivity contribution in [3.8, 4) is 0 Å². The zero-order chi connectivity index (χ0) is 12.6. The van der Waals surface area contributed by atoms with E-state index in [0.717, 1.165) is 25.6 Å². The quantitative estimate of drug-likeness (QED) is 0.835. The molecule has 0 spiro atoms. The van der Waals surface area contributed by atoms with Crippen LogP contribution in [0.25, 0.3) is 0 Å². The molecule has 3 rings (SSSR count). The fourth-order valence-electron chi connectivity index (χ4n) is 4.47. The maximum atomic E-state index is 6.14. The molecule has 2 aliphatic heterocycles. The number of fused-ring (bicyclic) bond motifs is 2. The first kappa shape index (κ1) is 12.9. The Hall–Kier alpha value is -0.120. The SMILES string of the molecule is CC1CCCC(CN)(CN2CC3CCC(C2)O3)C1. The molecule has 0 aromatic carbocycles. The van der Waals surface area contributed by atoms with E-state index in [1.165, 1.54) is 45.1 Å². The Morgan fingerprint density at radius 1 is 1.22 bits per heavy atom. The van der Waals surface area contributed by atoms with Crippen LogP contribution in [0.15, 0.2) is 0 Å². The monoisotopic (exact) mass is 252 g/mol. The van der Waals surface area contributed by atoms with Crippen LogP contribution in [0.3, 0.4) is 0 Å². The molecule has 104 valence electrons. The number of nitrogens with zero attached hydrogens (tertiary/aromatic N) is 1. The standard InChI is InChI=1S/C15H28N2O/c1-12-3-2-6-15(7-12,10-16)11-17-8-13-4-5-14(9-17)18-13/h12-14H,2-11,16H2,1H3. The second-order valence-electron chi connectivity index (χ2n) is 7.06. The molecule has 1 aliphatic carbocycles. The van der Waals surface area contributed by atoms with E-state index in [1.54, 1.807) is 0 Å². The molecule has 2 heterocycles. The number of hydrogen-bond acceptors (Lipinski definition) is 3. The molecule has 4 atom stereocenters. The first-order valence-corrected chi connectivity index (χ1v) is 7.77. The van der Waals surface area contributed by atoms with Gasteiger partial charge in [-0.1, -0.05) is 19.8 Å². The molecule has 2 N–H and O–H groups in total. The Balaban J connectivity index is 1.62. The van der Waals surface area contributed by atoms with Gasteiger partial charge in [0.05, 0.1) is 12.2 Å². The topological polar surface area (TPSA) is 38.5 Å². The van der Waals surface area contributed by atoms with Crippen molar-refractivity contribution >= 4 is 0 Å². The predicted molar refractivity (Wildman–Crippen MR) is 73.5 cm³/mol. The third-order valence-corrected chi connectivity index (χ3v) is 5.30. The van der Waals surface area contributed by atoms with Crippen LogP contribution in [-0.4, -0.2) is 43.3 Å². The summed E-state index contributed by atoms with van der Waals surface area (Å²) in [6.07, 6.45) is 9.00. The lowest BCUT2D eigenvalue weighted by molar-refractivity contribution is -0.0552. The molecule has 0 aromatic heterocycles. The van der Waals surface area contributed by atoms with Crippen molar-refractivity contribution in [2.75, 3.05) is 26.2 Å². The van der Waals surface area contributed by atoms with Gasteiger partial charge in [-0.15, -0.1) is 0 Å². The van der Waals surface area contributed by atoms with Gasteiger partial charge in [0.15, 0.2) is 0 Å². The lowest BCUT2D eigenvalue weighted by Gasteiger charge is -2.44. The zero-order valence-corrected chi connectivity index (χ0v) is 11.7. The molecule has 1 saturated carbocycles. The van der Waals surface area contributed by atoms with Gasteiger partial charge < -0.3 is 10.5 Å². The van der Waals surface area contributed by atoms with Crippen LogP contribution in [-0.2, 0) is 4.74 Å². The van der Waals surface area contributed by atoms with E-state index < -0.39 is 0 Å². The number of ether oxygens (including phenoxy) is 1. The fourth-order valence-corrected chi connectivity index (χ4v) is 4.47. The molecule has 3 heteroatoms. The largest absolute Gasteiger partial charge is 0.372 e. The molecule has 0 amide bonds. The van der Waals surface area contributed by atoms with Crippen LogP contribution in [0, 0.1) is 11.3 Å². The summed E-state index contributed by atoms with van der Waals surface area (Å²) in [6, 6.07) is 0. The van der Waals surface area contributed by atoms with Crippen LogP contribution in [0.4, 0.5) is 0 Å². The molecule has 2 saturated heterocycles. The minimum absolute atomic E-state index is 0.397. The van der Waals surface area contributed by atoms with Gasteiger partial charge in [-0.05, 0) is 43.6 Å².